The Bertz CT molecular complexity index is 621. The van der Waals surface area contributed by atoms with E-state index in [1.54, 1.807) is 11.3 Å². The molecule has 0 aliphatic heterocycles. The predicted octanol–water partition coefficient (Wildman–Crippen LogP) is 4.46. The molecule has 1 atom stereocenters. The molecule has 0 saturated heterocycles. The summed E-state index contributed by atoms with van der Waals surface area (Å²) >= 11 is 7.64. The fourth-order valence-corrected chi connectivity index (χ4v) is 3.83. The zero-order valence-corrected chi connectivity index (χ0v) is 14.7. The lowest BCUT2D eigenvalue weighted by atomic mass is 9.95. The van der Waals surface area contributed by atoms with Gasteiger partial charge in [-0.25, -0.2) is 0 Å². The molecule has 0 bridgehead atoms. The molecule has 0 amide bonds. The van der Waals surface area contributed by atoms with Crippen molar-refractivity contribution in [3.63, 3.8) is 0 Å². The third-order valence-corrected chi connectivity index (χ3v) is 5.25. The number of thiophene rings is 1. The Hall–Kier alpha value is -0.870. The van der Waals surface area contributed by atoms with Crippen molar-refractivity contribution in [3.05, 3.63) is 55.7 Å². The highest BCUT2D eigenvalue weighted by Gasteiger charge is 2.19. The van der Waals surface area contributed by atoms with E-state index in [-0.39, 0.29) is 6.04 Å². The van der Waals surface area contributed by atoms with E-state index in [1.165, 1.54) is 27.1 Å². The van der Waals surface area contributed by atoms with Crippen molar-refractivity contribution < 1.29 is 0 Å². The maximum absolute atomic E-state index is 6.06. The summed E-state index contributed by atoms with van der Waals surface area (Å²) in [5.41, 5.74) is 11.3. The van der Waals surface area contributed by atoms with Crippen molar-refractivity contribution in [2.24, 2.45) is 5.73 Å². The van der Waals surface area contributed by atoms with Gasteiger partial charge in [-0.3, -0.25) is 4.90 Å². The molecule has 1 unspecified atom stereocenters. The molecule has 21 heavy (non-hydrogen) atoms. The lowest BCUT2D eigenvalue weighted by molar-refractivity contribution is 0.243. The largest absolute Gasteiger partial charge is 0.329 e. The third kappa shape index (κ3) is 3.86. The molecule has 0 spiro atoms. The standard InChI is InChI=1S/C17H23ClN2S/c1-11-7-13(3)15(8-12(11)2)16(9-19)20(4)10-14-5-6-17(18)21-14/h5-8,16H,9-10,19H2,1-4H3. The van der Waals surface area contributed by atoms with Crippen LogP contribution in [0.2, 0.25) is 4.34 Å². The smallest absolute Gasteiger partial charge is 0.0931 e. The first kappa shape index (κ1) is 16.5. The van der Waals surface area contributed by atoms with Crippen molar-refractivity contribution in [1.29, 1.82) is 0 Å². The highest BCUT2D eigenvalue weighted by molar-refractivity contribution is 7.16. The number of nitrogens with zero attached hydrogens (tertiary/aromatic N) is 1. The summed E-state index contributed by atoms with van der Waals surface area (Å²) in [6, 6.07) is 8.80. The van der Waals surface area contributed by atoms with Gasteiger partial charge in [0.1, 0.15) is 0 Å². The van der Waals surface area contributed by atoms with Gasteiger partial charge in [-0.1, -0.05) is 23.7 Å². The Balaban J connectivity index is 2.24. The van der Waals surface area contributed by atoms with Crippen LogP contribution < -0.4 is 5.73 Å². The van der Waals surface area contributed by atoms with Crippen LogP contribution in [0.1, 0.15) is 33.2 Å². The number of aryl methyl sites for hydroxylation is 3. The summed E-state index contributed by atoms with van der Waals surface area (Å²) in [5, 5.41) is 0. The zero-order valence-electron chi connectivity index (χ0n) is 13.1. The summed E-state index contributed by atoms with van der Waals surface area (Å²) in [6.07, 6.45) is 0. The summed E-state index contributed by atoms with van der Waals surface area (Å²) < 4.78 is 0.838. The Morgan fingerprint density at radius 2 is 1.81 bits per heavy atom. The van der Waals surface area contributed by atoms with Crippen molar-refractivity contribution in [2.45, 2.75) is 33.4 Å². The van der Waals surface area contributed by atoms with Gasteiger partial charge < -0.3 is 5.73 Å². The monoisotopic (exact) mass is 322 g/mol. The van der Waals surface area contributed by atoms with E-state index in [0.29, 0.717) is 6.54 Å². The van der Waals surface area contributed by atoms with Gasteiger partial charge in [0.25, 0.3) is 0 Å². The number of hydrogen-bond donors (Lipinski definition) is 1. The molecule has 0 aliphatic carbocycles. The van der Waals surface area contributed by atoms with E-state index in [2.05, 4.69) is 50.9 Å². The summed E-state index contributed by atoms with van der Waals surface area (Å²) in [4.78, 5) is 3.57. The van der Waals surface area contributed by atoms with Crippen LogP contribution in [0.3, 0.4) is 0 Å². The molecule has 4 heteroatoms. The molecule has 2 rings (SSSR count). The maximum Gasteiger partial charge on any atom is 0.0931 e. The van der Waals surface area contributed by atoms with Crippen molar-refractivity contribution >= 4 is 22.9 Å². The summed E-state index contributed by atoms with van der Waals surface area (Å²) in [5.74, 6) is 0. The van der Waals surface area contributed by atoms with Crippen LogP contribution in [0.4, 0.5) is 0 Å². The Morgan fingerprint density at radius 1 is 1.14 bits per heavy atom. The van der Waals surface area contributed by atoms with E-state index < -0.39 is 0 Å². The SMILES string of the molecule is Cc1cc(C)c(C(CN)N(C)Cc2ccc(Cl)s2)cc1C. The Kier molecular flexibility index (Phi) is 5.44. The zero-order chi connectivity index (χ0) is 15.6. The minimum absolute atomic E-state index is 0.227. The van der Waals surface area contributed by atoms with Gasteiger partial charge >= 0.3 is 0 Å². The van der Waals surface area contributed by atoms with Crippen LogP contribution in [0.15, 0.2) is 24.3 Å². The number of nitrogens with two attached hydrogens (primary N) is 1. The van der Waals surface area contributed by atoms with Gasteiger partial charge in [-0.05, 0) is 62.2 Å². The second kappa shape index (κ2) is 6.93. The number of benzene rings is 1. The van der Waals surface area contributed by atoms with E-state index in [4.69, 9.17) is 17.3 Å². The topological polar surface area (TPSA) is 29.3 Å². The van der Waals surface area contributed by atoms with E-state index >= 15 is 0 Å². The molecule has 1 aromatic heterocycles. The van der Waals surface area contributed by atoms with Crippen molar-refractivity contribution in [3.8, 4) is 0 Å². The van der Waals surface area contributed by atoms with Gasteiger partial charge in [0.05, 0.1) is 4.34 Å². The highest BCUT2D eigenvalue weighted by atomic mass is 35.5. The third-order valence-electron chi connectivity index (χ3n) is 4.03. The molecule has 2 aromatic rings. The highest BCUT2D eigenvalue weighted by Crippen LogP contribution is 2.28. The minimum atomic E-state index is 0.227. The molecule has 2 N–H and O–H groups in total. The molecule has 0 saturated carbocycles. The number of halogens is 1. The van der Waals surface area contributed by atoms with Crippen LogP contribution in [0, 0.1) is 20.8 Å². The first-order valence-corrected chi connectivity index (χ1v) is 8.34. The summed E-state index contributed by atoms with van der Waals surface area (Å²) in [6.45, 7) is 7.96. The van der Waals surface area contributed by atoms with Gasteiger partial charge in [0.15, 0.2) is 0 Å². The Morgan fingerprint density at radius 3 is 2.38 bits per heavy atom. The lowest BCUT2D eigenvalue weighted by Crippen LogP contribution is -2.30. The number of likely N-dealkylation sites (N-methyl/N-ethyl adjacent to an activating group) is 1. The molecule has 2 nitrogen and oxygen atoms in total. The predicted molar refractivity (Wildman–Crippen MR) is 93.2 cm³/mol. The molecular weight excluding hydrogens is 300 g/mol. The first-order chi connectivity index (χ1) is 9.92. The molecule has 0 fully saturated rings. The molecule has 0 radical (unpaired) electrons. The van der Waals surface area contributed by atoms with Crippen LogP contribution >= 0.6 is 22.9 Å². The maximum atomic E-state index is 6.06. The average Bonchev–Trinajstić information content (AvgIpc) is 2.81. The quantitative estimate of drug-likeness (QED) is 0.880. The van der Waals surface area contributed by atoms with Gasteiger partial charge in [-0.2, -0.15) is 0 Å². The van der Waals surface area contributed by atoms with Crippen molar-refractivity contribution in [2.75, 3.05) is 13.6 Å². The Labute approximate surface area is 136 Å². The van der Waals surface area contributed by atoms with Crippen LogP contribution in [0.5, 0.6) is 0 Å². The second-order valence-electron chi connectivity index (χ2n) is 5.67. The van der Waals surface area contributed by atoms with Gasteiger partial charge in [0, 0.05) is 24.0 Å². The molecular formula is C17H23ClN2S. The minimum Gasteiger partial charge on any atom is -0.329 e. The number of rotatable bonds is 5. The average molecular weight is 323 g/mol. The molecule has 0 aliphatic rings. The lowest BCUT2D eigenvalue weighted by Gasteiger charge is -2.29. The van der Waals surface area contributed by atoms with Crippen LogP contribution in [-0.4, -0.2) is 18.5 Å². The summed E-state index contributed by atoms with van der Waals surface area (Å²) in [7, 11) is 2.12. The molecule has 1 heterocycles. The van der Waals surface area contributed by atoms with Crippen LogP contribution in [-0.2, 0) is 6.54 Å². The van der Waals surface area contributed by atoms with E-state index in [0.717, 1.165) is 10.9 Å². The van der Waals surface area contributed by atoms with Crippen LogP contribution in [0.25, 0.3) is 0 Å². The van der Waals surface area contributed by atoms with Gasteiger partial charge in [0.2, 0.25) is 0 Å². The fourth-order valence-electron chi connectivity index (χ4n) is 2.68. The van der Waals surface area contributed by atoms with Crippen molar-refractivity contribution in [1.82, 2.24) is 4.90 Å². The first-order valence-electron chi connectivity index (χ1n) is 7.14. The van der Waals surface area contributed by atoms with E-state index in [1.807, 2.05) is 6.07 Å². The van der Waals surface area contributed by atoms with Gasteiger partial charge in [-0.15, -0.1) is 11.3 Å². The molecule has 1 aromatic carbocycles. The number of hydrogen-bond acceptors (Lipinski definition) is 3. The normalized spacial score (nSPS) is 12.9. The second-order valence-corrected chi connectivity index (χ2v) is 7.47. The molecule has 114 valence electrons. The van der Waals surface area contributed by atoms with E-state index in [9.17, 15) is 0 Å². The fraction of sp³-hybridized carbons (Fsp3) is 0.412.